The van der Waals surface area contributed by atoms with Crippen molar-refractivity contribution >= 4 is 17.6 Å². The van der Waals surface area contributed by atoms with Gasteiger partial charge in [-0.1, -0.05) is 17.7 Å². The van der Waals surface area contributed by atoms with Crippen LogP contribution in [0.15, 0.2) is 42.5 Å². The van der Waals surface area contributed by atoms with Crippen molar-refractivity contribution in [2.24, 2.45) is 0 Å². The number of amides is 2. The molecule has 1 unspecified atom stereocenters. The predicted molar refractivity (Wildman–Crippen MR) is 101 cm³/mol. The molecule has 26 heavy (non-hydrogen) atoms. The number of rotatable bonds is 8. The molecule has 2 aromatic rings. The monoisotopic (exact) mass is 378 g/mol. The maximum absolute atomic E-state index is 12.1. The zero-order valence-corrected chi connectivity index (χ0v) is 15.8. The zero-order chi connectivity index (χ0) is 18.9. The molecule has 0 heterocycles. The molecule has 2 aromatic carbocycles. The van der Waals surface area contributed by atoms with Crippen molar-refractivity contribution in [3.63, 3.8) is 0 Å². The van der Waals surface area contributed by atoms with E-state index in [0.29, 0.717) is 35.4 Å². The molecule has 0 aliphatic heterocycles. The van der Waals surface area contributed by atoms with Crippen molar-refractivity contribution in [1.29, 1.82) is 0 Å². The summed E-state index contributed by atoms with van der Waals surface area (Å²) in [5.74, 6) is 2.01. The van der Waals surface area contributed by atoms with Gasteiger partial charge in [-0.15, -0.1) is 0 Å². The minimum absolute atomic E-state index is 0.232. The van der Waals surface area contributed by atoms with E-state index in [1.807, 2.05) is 31.2 Å². The number of halogens is 1. The van der Waals surface area contributed by atoms with E-state index in [1.165, 1.54) is 0 Å². The topological polar surface area (TPSA) is 68.8 Å². The highest BCUT2D eigenvalue weighted by Gasteiger charge is 2.14. The minimum atomic E-state index is -0.287. The van der Waals surface area contributed by atoms with Crippen molar-refractivity contribution in [3.05, 3.63) is 53.1 Å². The van der Waals surface area contributed by atoms with Crippen molar-refractivity contribution < 1.29 is 19.0 Å². The third-order valence-electron chi connectivity index (χ3n) is 3.71. The van der Waals surface area contributed by atoms with Gasteiger partial charge in [-0.3, -0.25) is 0 Å². The van der Waals surface area contributed by atoms with E-state index < -0.39 is 0 Å². The summed E-state index contributed by atoms with van der Waals surface area (Å²) in [5.41, 5.74) is 0.860. The van der Waals surface area contributed by atoms with Gasteiger partial charge in [0.2, 0.25) is 0 Å². The van der Waals surface area contributed by atoms with E-state index in [1.54, 1.807) is 32.4 Å². The van der Waals surface area contributed by atoms with E-state index in [-0.39, 0.29) is 12.1 Å². The first kappa shape index (κ1) is 19.7. The third-order valence-corrected chi connectivity index (χ3v) is 3.94. The summed E-state index contributed by atoms with van der Waals surface area (Å²) in [4.78, 5) is 12.1. The Morgan fingerprint density at radius 3 is 2.62 bits per heavy atom. The molecule has 7 heteroatoms. The molecule has 0 aliphatic rings. The Hall–Kier alpha value is -2.60. The standard InChI is InChI=1S/C19H23ClN2O4/c1-13(17-8-7-15(24-2)12-18(17)25-3)22-19(23)21-9-10-26-16-6-4-5-14(20)11-16/h4-8,11-13H,9-10H2,1-3H3,(H2,21,22,23). The highest BCUT2D eigenvalue weighted by Crippen LogP contribution is 2.29. The largest absolute Gasteiger partial charge is 0.497 e. The Bertz CT molecular complexity index is 739. The Kier molecular flexibility index (Phi) is 7.41. The molecule has 140 valence electrons. The normalized spacial score (nSPS) is 11.4. The first-order valence-corrected chi connectivity index (χ1v) is 8.56. The fraction of sp³-hybridized carbons (Fsp3) is 0.316. The summed E-state index contributed by atoms with van der Waals surface area (Å²) in [6.45, 7) is 2.59. The SMILES string of the molecule is COc1ccc(C(C)NC(=O)NCCOc2cccc(Cl)c2)c(OC)c1. The van der Waals surface area contributed by atoms with Crippen LogP contribution >= 0.6 is 11.6 Å². The van der Waals surface area contributed by atoms with E-state index >= 15 is 0 Å². The summed E-state index contributed by atoms with van der Waals surface area (Å²) in [6, 6.07) is 12.1. The summed E-state index contributed by atoms with van der Waals surface area (Å²) >= 11 is 5.89. The second-order valence-corrected chi connectivity index (χ2v) is 5.97. The predicted octanol–water partition coefficient (Wildman–Crippen LogP) is 3.80. The molecule has 0 saturated heterocycles. The average Bonchev–Trinajstić information content (AvgIpc) is 2.64. The van der Waals surface area contributed by atoms with Gasteiger partial charge in [0.25, 0.3) is 0 Å². The van der Waals surface area contributed by atoms with Crippen LogP contribution in [-0.2, 0) is 0 Å². The van der Waals surface area contributed by atoms with Gasteiger partial charge in [0, 0.05) is 16.7 Å². The molecule has 0 bridgehead atoms. The molecule has 6 nitrogen and oxygen atoms in total. The van der Waals surface area contributed by atoms with Crippen LogP contribution in [0.5, 0.6) is 17.2 Å². The van der Waals surface area contributed by atoms with Crippen LogP contribution in [0.3, 0.4) is 0 Å². The molecule has 1 atom stereocenters. The van der Waals surface area contributed by atoms with Gasteiger partial charge in [0.1, 0.15) is 23.9 Å². The van der Waals surface area contributed by atoms with Gasteiger partial charge in [-0.2, -0.15) is 0 Å². The highest BCUT2D eigenvalue weighted by molar-refractivity contribution is 6.30. The maximum atomic E-state index is 12.1. The maximum Gasteiger partial charge on any atom is 0.315 e. The lowest BCUT2D eigenvalue weighted by Gasteiger charge is -2.18. The van der Waals surface area contributed by atoms with Crippen LogP contribution in [0.25, 0.3) is 0 Å². The van der Waals surface area contributed by atoms with Crippen molar-refractivity contribution in [3.8, 4) is 17.2 Å². The quantitative estimate of drug-likeness (QED) is 0.685. The number of benzene rings is 2. The second kappa shape index (κ2) is 9.77. The molecule has 2 N–H and O–H groups in total. The van der Waals surface area contributed by atoms with Crippen LogP contribution in [0.4, 0.5) is 4.79 Å². The van der Waals surface area contributed by atoms with E-state index in [2.05, 4.69) is 10.6 Å². The Balaban J connectivity index is 1.80. The number of nitrogens with one attached hydrogen (secondary N) is 2. The van der Waals surface area contributed by atoms with Crippen LogP contribution in [0.1, 0.15) is 18.5 Å². The molecule has 0 aromatic heterocycles. The summed E-state index contributed by atoms with van der Waals surface area (Å²) in [6.07, 6.45) is 0. The number of methoxy groups -OCH3 is 2. The Labute approximate surface area is 158 Å². The lowest BCUT2D eigenvalue weighted by molar-refractivity contribution is 0.233. The lowest BCUT2D eigenvalue weighted by Crippen LogP contribution is -2.39. The summed E-state index contributed by atoms with van der Waals surface area (Å²) in [7, 11) is 3.17. The first-order chi connectivity index (χ1) is 12.5. The van der Waals surface area contributed by atoms with E-state index in [4.69, 9.17) is 25.8 Å². The number of hydrogen-bond donors (Lipinski definition) is 2. The molecule has 0 fully saturated rings. The van der Waals surface area contributed by atoms with Crippen molar-refractivity contribution in [1.82, 2.24) is 10.6 Å². The lowest BCUT2D eigenvalue weighted by atomic mass is 10.1. The highest BCUT2D eigenvalue weighted by atomic mass is 35.5. The zero-order valence-electron chi connectivity index (χ0n) is 15.0. The van der Waals surface area contributed by atoms with Crippen LogP contribution < -0.4 is 24.8 Å². The molecule has 0 saturated carbocycles. The second-order valence-electron chi connectivity index (χ2n) is 5.54. The number of hydrogen-bond acceptors (Lipinski definition) is 4. The average molecular weight is 379 g/mol. The number of carbonyl (C=O) groups excluding carboxylic acids is 1. The fourth-order valence-corrected chi connectivity index (χ4v) is 2.57. The Morgan fingerprint density at radius 2 is 1.92 bits per heavy atom. The molecule has 0 aliphatic carbocycles. The number of urea groups is 1. The van der Waals surface area contributed by atoms with Gasteiger partial charge >= 0.3 is 6.03 Å². The van der Waals surface area contributed by atoms with Gasteiger partial charge in [0.05, 0.1) is 26.8 Å². The molecular weight excluding hydrogens is 356 g/mol. The first-order valence-electron chi connectivity index (χ1n) is 8.18. The van der Waals surface area contributed by atoms with Crippen LogP contribution in [0, 0.1) is 0 Å². The Morgan fingerprint density at radius 1 is 1.12 bits per heavy atom. The smallest absolute Gasteiger partial charge is 0.315 e. The third kappa shape index (κ3) is 5.74. The number of carbonyl (C=O) groups is 1. The molecular formula is C19H23ClN2O4. The summed E-state index contributed by atoms with van der Waals surface area (Å²) in [5, 5.41) is 6.23. The molecule has 0 radical (unpaired) electrons. The van der Waals surface area contributed by atoms with Gasteiger partial charge < -0.3 is 24.8 Å². The minimum Gasteiger partial charge on any atom is -0.497 e. The molecule has 2 rings (SSSR count). The summed E-state index contributed by atoms with van der Waals surface area (Å²) < 4.78 is 16.1. The van der Waals surface area contributed by atoms with E-state index in [0.717, 1.165) is 5.56 Å². The van der Waals surface area contributed by atoms with Crippen LogP contribution in [0.2, 0.25) is 5.02 Å². The fourth-order valence-electron chi connectivity index (χ4n) is 2.39. The van der Waals surface area contributed by atoms with Crippen molar-refractivity contribution in [2.75, 3.05) is 27.4 Å². The van der Waals surface area contributed by atoms with Crippen molar-refractivity contribution in [2.45, 2.75) is 13.0 Å². The van der Waals surface area contributed by atoms with Gasteiger partial charge in [0.15, 0.2) is 0 Å². The van der Waals surface area contributed by atoms with Gasteiger partial charge in [-0.05, 0) is 37.3 Å². The van der Waals surface area contributed by atoms with E-state index in [9.17, 15) is 4.79 Å². The molecule has 0 spiro atoms. The molecule has 2 amide bonds. The number of ether oxygens (including phenoxy) is 3. The van der Waals surface area contributed by atoms with Gasteiger partial charge in [-0.25, -0.2) is 4.79 Å². The van der Waals surface area contributed by atoms with Crippen LogP contribution in [-0.4, -0.2) is 33.4 Å².